The van der Waals surface area contributed by atoms with Crippen molar-refractivity contribution in [3.05, 3.63) is 64.7 Å². The van der Waals surface area contributed by atoms with Gasteiger partial charge in [-0.3, -0.25) is 9.59 Å². The molecule has 1 fully saturated rings. The van der Waals surface area contributed by atoms with Gasteiger partial charge in [-0.05, 0) is 60.8 Å². The predicted octanol–water partition coefficient (Wildman–Crippen LogP) is 4.91. The van der Waals surface area contributed by atoms with E-state index in [-0.39, 0.29) is 16.7 Å². The Morgan fingerprint density at radius 3 is 2.27 bits per heavy atom. The number of nitrogens with zero attached hydrogens (tertiary/aromatic N) is 2. The highest BCUT2D eigenvalue weighted by Gasteiger charge is 2.46. The third-order valence-electron chi connectivity index (χ3n) is 7.22. The monoisotopic (exact) mass is 506 g/mol. The van der Waals surface area contributed by atoms with Gasteiger partial charge >= 0.3 is 0 Å². The first-order valence-electron chi connectivity index (χ1n) is 13.2. The van der Waals surface area contributed by atoms with Gasteiger partial charge in [0.1, 0.15) is 19.0 Å². The highest BCUT2D eigenvalue weighted by molar-refractivity contribution is 6.46. The number of fused-ring (bicyclic) bond motifs is 1. The molecular formula is C30H38N2O5. The molecular weight excluding hydrogens is 468 g/mol. The van der Waals surface area contributed by atoms with E-state index in [1.165, 1.54) is 0 Å². The number of likely N-dealkylation sites (tertiary alicyclic amines) is 1. The zero-order valence-electron chi connectivity index (χ0n) is 22.5. The fourth-order valence-electron chi connectivity index (χ4n) is 4.97. The van der Waals surface area contributed by atoms with E-state index in [1.54, 1.807) is 23.1 Å². The van der Waals surface area contributed by atoms with Crippen molar-refractivity contribution in [2.24, 2.45) is 0 Å². The number of aliphatic hydroxyl groups excluding tert-OH is 1. The van der Waals surface area contributed by atoms with E-state index in [0.717, 1.165) is 37.2 Å². The normalized spacial score (nSPS) is 19.1. The molecule has 37 heavy (non-hydrogen) atoms. The minimum Gasteiger partial charge on any atom is -0.507 e. The van der Waals surface area contributed by atoms with Gasteiger partial charge in [-0.25, -0.2) is 0 Å². The summed E-state index contributed by atoms with van der Waals surface area (Å²) in [5, 5.41) is 11.4. The molecule has 2 aromatic rings. The molecule has 0 saturated carbocycles. The lowest BCUT2D eigenvalue weighted by molar-refractivity contribution is -0.140. The van der Waals surface area contributed by atoms with Crippen LogP contribution < -0.4 is 9.47 Å². The highest BCUT2D eigenvalue weighted by Crippen LogP contribution is 2.41. The quantitative estimate of drug-likeness (QED) is 0.311. The van der Waals surface area contributed by atoms with Crippen LogP contribution in [0, 0.1) is 0 Å². The Labute approximate surface area is 219 Å². The topological polar surface area (TPSA) is 79.3 Å². The molecule has 7 nitrogen and oxygen atoms in total. The first-order valence-corrected chi connectivity index (χ1v) is 13.2. The molecule has 1 N–H and O–H groups in total. The number of amides is 1. The molecule has 1 atom stereocenters. The number of hydrogen-bond donors (Lipinski definition) is 1. The summed E-state index contributed by atoms with van der Waals surface area (Å²) in [4.78, 5) is 30.5. The second-order valence-electron chi connectivity index (χ2n) is 10.6. The second kappa shape index (κ2) is 11.0. The van der Waals surface area contributed by atoms with Gasteiger partial charge in [-0.2, -0.15) is 0 Å². The van der Waals surface area contributed by atoms with Crippen LogP contribution in [0.1, 0.15) is 63.8 Å². The van der Waals surface area contributed by atoms with Crippen LogP contribution >= 0.6 is 0 Å². The molecule has 1 saturated heterocycles. The maximum Gasteiger partial charge on any atom is 0.295 e. The Morgan fingerprint density at radius 2 is 1.65 bits per heavy atom. The smallest absolute Gasteiger partial charge is 0.295 e. The zero-order valence-corrected chi connectivity index (χ0v) is 22.5. The summed E-state index contributed by atoms with van der Waals surface area (Å²) in [6.07, 6.45) is 0.731. The van der Waals surface area contributed by atoms with E-state index >= 15 is 0 Å². The minimum absolute atomic E-state index is 0.0324. The summed E-state index contributed by atoms with van der Waals surface area (Å²) >= 11 is 0. The molecule has 1 amide bonds. The number of hydrogen-bond acceptors (Lipinski definition) is 6. The SMILES string of the molecule is CCN(CC)CCCN1C(=O)C(=O)/C(=C(/O)c2ccc3c(c2)OCCO3)[C@@H]1c1ccc(C(C)(C)C)cc1. The van der Waals surface area contributed by atoms with Crippen molar-refractivity contribution in [2.45, 2.75) is 52.5 Å². The molecule has 7 heteroatoms. The Balaban J connectivity index is 1.75. The fourth-order valence-corrected chi connectivity index (χ4v) is 4.97. The minimum atomic E-state index is -0.668. The van der Waals surface area contributed by atoms with Crippen molar-refractivity contribution >= 4 is 17.4 Å². The molecule has 2 heterocycles. The number of benzene rings is 2. The van der Waals surface area contributed by atoms with Crippen LogP contribution in [0.3, 0.4) is 0 Å². The maximum absolute atomic E-state index is 13.4. The van der Waals surface area contributed by atoms with Gasteiger partial charge in [0.05, 0.1) is 11.6 Å². The number of carbonyl (C=O) groups excluding carboxylic acids is 2. The Morgan fingerprint density at radius 1 is 1.00 bits per heavy atom. The molecule has 198 valence electrons. The standard InChI is InChI=1S/C30H38N2O5/c1-6-31(7-2)15-8-16-32-26(20-9-12-22(13-10-20)30(3,4)5)25(28(34)29(32)35)27(33)21-11-14-23-24(19-21)37-18-17-36-23/h9-14,19,26,33H,6-8,15-18H2,1-5H3/b27-25+/t26-/m0/s1. The van der Waals surface area contributed by atoms with Gasteiger partial charge < -0.3 is 24.4 Å². The third-order valence-corrected chi connectivity index (χ3v) is 7.22. The molecule has 0 unspecified atom stereocenters. The molecule has 2 aliphatic rings. The number of ketones is 1. The molecule has 0 aliphatic carbocycles. The van der Waals surface area contributed by atoms with E-state index in [4.69, 9.17) is 9.47 Å². The number of ether oxygens (including phenoxy) is 2. The van der Waals surface area contributed by atoms with E-state index in [9.17, 15) is 14.7 Å². The van der Waals surface area contributed by atoms with E-state index in [2.05, 4.69) is 39.5 Å². The second-order valence-corrected chi connectivity index (χ2v) is 10.6. The van der Waals surface area contributed by atoms with Crippen LogP contribution in [0.25, 0.3) is 5.76 Å². The molecule has 0 aromatic heterocycles. The number of aliphatic hydroxyl groups is 1. The molecule has 0 spiro atoms. The number of rotatable bonds is 8. The Hall–Kier alpha value is -3.32. The number of Topliss-reactive ketones (excluding diaryl/α,β-unsaturated/α-hetero) is 1. The van der Waals surface area contributed by atoms with Gasteiger partial charge in [-0.15, -0.1) is 0 Å². The largest absolute Gasteiger partial charge is 0.507 e. The van der Waals surface area contributed by atoms with Gasteiger partial charge in [-0.1, -0.05) is 58.9 Å². The molecule has 2 aliphatic heterocycles. The van der Waals surface area contributed by atoms with Gasteiger partial charge in [0, 0.05) is 12.1 Å². The predicted molar refractivity (Wildman–Crippen MR) is 144 cm³/mol. The zero-order chi connectivity index (χ0) is 26.7. The van der Waals surface area contributed by atoms with Crippen molar-refractivity contribution in [3.63, 3.8) is 0 Å². The van der Waals surface area contributed by atoms with E-state index < -0.39 is 17.7 Å². The van der Waals surface area contributed by atoms with Crippen LogP contribution in [0.2, 0.25) is 0 Å². The molecule has 2 aromatic carbocycles. The van der Waals surface area contributed by atoms with Gasteiger partial charge in [0.15, 0.2) is 11.5 Å². The lowest BCUT2D eigenvalue weighted by atomic mass is 9.85. The van der Waals surface area contributed by atoms with Crippen LogP contribution in [0.15, 0.2) is 48.0 Å². The van der Waals surface area contributed by atoms with Gasteiger partial charge in [0.2, 0.25) is 0 Å². The van der Waals surface area contributed by atoms with Crippen LogP contribution in [0.4, 0.5) is 0 Å². The summed E-state index contributed by atoms with van der Waals surface area (Å²) in [5.41, 5.74) is 2.44. The van der Waals surface area contributed by atoms with E-state index in [0.29, 0.717) is 36.8 Å². The summed E-state index contributed by atoms with van der Waals surface area (Å²) in [7, 11) is 0. The Bertz CT molecular complexity index is 1180. The van der Waals surface area contributed by atoms with E-state index in [1.807, 2.05) is 24.3 Å². The summed E-state index contributed by atoms with van der Waals surface area (Å²) in [6.45, 7) is 14.6. The molecule has 0 radical (unpaired) electrons. The fraction of sp³-hybridized carbons (Fsp3) is 0.467. The Kier molecular flexibility index (Phi) is 7.93. The lowest BCUT2D eigenvalue weighted by Crippen LogP contribution is -2.33. The third kappa shape index (κ3) is 5.52. The van der Waals surface area contributed by atoms with Crippen molar-refractivity contribution in [2.75, 3.05) is 39.4 Å². The summed E-state index contributed by atoms with van der Waals surface area (Å²) in [6, 6.07) is 12.4. The highest BCUT2D eigenvalue weighted by atomic mass is 16.6. The van der Waals surface area contributed by atoms with Crippen LogP contribution in [0.5, 0.6) is 11.5 Å². The van der Waals surface area contributed by atoms with Crippen molar-refractivity contribution < 1.29 is 24.2 Å². The van der Waals surface area contributed by atoms with Crippen molar-refractivity contribution in [1.82, 2.24) is 9.80 Å². The van der Waals surface area contributed by atoms with Crippen molar-refractivity contribution in [3.8, 4) is 11.5 Å². The van der Waals surface area contributed by atoms with Crippen LogP contribution in [-0.4, -0.2) is 66.0 Å². The summed E-state index contributed by atoms with van der Waals surface area (Å²) < 4.78 is 11.3. The lowest BCUT2D eigenvalue weighted by Gasteiger charge is -2.27. The molecule has 0 bridgehead atoms. The maximum atomic E-state index is 13.4. The van der Waals surface area contributed by atoms with Crippen LogP contribution in [-0.2, 0) is 15.0 Å². The first-order chi connectivity index (χ1) is 17.7. The summed E-state index contributed by atoms with van der Waals surface area (Å²) in [5.74, 6) is -0.348. The first kappa shape index (κ1) is 26.7. The average molecular weight is 507 g/mol. The van der Waals surface area contributed by atoms with Gasteiger partial charge in [0.25, 0.3) is 11.7 Å². The van der Waals surface area contributed by atoms with Crippen molar-refractivity contribution in [1.29, 1.82) is 0 Å². The number of carbonyl (C=O) groups is 2. The molecule has 4 rings (SSSR count). The average Bonchev–Trinajstić information content (AvgIpc) is 3.15.